The van der Waals surface area contributed by atoms with Crippen LogP contribution in [0.3, 0.4) is 0 Å². The van der Waals surface area contributed by atoms with Gasteiger partial charge < -0.3 is 5.32 Å². The van der Waals surface area contributed by atoms with Gasteiger partial charge in [-0.05, 0) is 49.1 Å². The minimum Gasteiger partial charge on any atom is -0.307 e. The number of pyridine rings is 1. The summed E-state index contributed by atoms with van der Waals surface area (Å²) in [4.78, 5) is 4.20. The van der Waals surface area contributed by atoms with Gasteiger partial charge in [0.1, 0.15) is 0 Å². The van der Waals surface area contributed by atoms with E-state index in [-0.39, 0.29) is 0 Å². The molecule has 1 N–H and O–H groups in total. The number of nitrogens with one attached hydrogen (secondary N) is 1. The first-order chi connectivity index (χ1) is 8.46. The number of rotatable bonds is 3. The van der Waals surface area contributed by atoms with E-state index in [1.807, 2.05) is 18.5 Å². The monoisotopic (exact) mass is 246 g/mol. The van der Waals surface area contributed by atoms with Crippen molar-refractivity contribution in [1.29, 1.82) is 0 Å². The molecule has 2 nitrogen and oxygen atoms in total. The van der Waals surface area contributed by atoms with Crippen molar-refractivity contribution in [2.75, 3.05) is 0 Å². The highest BCUT2D eigenvalue weighted by atomic mass is 15.0. The molecule has 0 aliphatic heterocycles. The van der Waals surface area contributed by atoms with Gasteiger partial charge in [0.05, 0.1) is 0 Å². The summed E-state index contributed by atoms with van der Waals surface area (Å²) in [7, 11) is 0. The molecular weight excluding hydrogens is 220 g/mol. The molecule has 2 rings (SSSR count). The number of aromatic nitrogens is 1. The lowest BCUT2D eigenvalue weighted by Crippen LogP contribution is -2.41. The van der Waals surface area contributed by atoms with E-state index in [1.54, 1.807) is 0 Å². The summed E-state index contributed by atoms with van der Waals surface area (Å²) in [6.07, 6.45) is 7.74. The maximum absolute atomic E-state index is 4.20. The summed E-state index contributed by atoms with van der Waals surface area (Å²) in [5.41, 5.74) is 1.76. The summed E-state index contributed by atoms with van der Waals surface area (Å²) < 4.78 is 0. The molecule has 2 heteroatoms. The summed E-state index contributed by atoms with van der Waals surface area (Å²) in [6, 6.07) is 5.20. The minimum atomic E-state index is 0.393. The van der Waals surface area contributed by atoms with Gasteiger partial charge in [0.25, 0.3) is 0 Å². The van der Waals surface area contributed by atoms with E-state index in [0.717, 1.165) is 5.92 Å². The van der Waals surface area contributed by atoms with Crippen LogP contribution in [0.25, 0.3) is 0 Å². The van der Waals surface area contributed by atoms with E-state index in [9.17, 15) is 0 Å². The van der Waals surface area contributed by atoms with Crippen LogP contribution in [0.2, 0.25) is 0 Å². The van der Waals surface area contributed by atoms with Crippen LogP contribution >= 0.6 is 0 Å². The summed E-state index contributed by atoms with van der Waals surface area (Å²) in [5.74, 6) is 0.826. The zero-order valence-electron chi connectivity index (χ0n) is 12.1. The fourth-order valence-electron chi connectivity index (χ4n) is 3.55. The van der Waals surface area contributed by atoms with Crippen LogP contribution in [-0.2, 0) is 0 Å². The normalized spacial score (nSPS) is 28.9. The molecule has 1 aromatic heterocycles. The highest BCUT2D eigenvalue weighted by Crippen LogP contribution is 2.39. The van der Waals surface area contributed by atoms with Crippen molar-refractivity contribution in [2.24, 2.45) is 11.3 Å². The first-order valence-electron chi connectivity index (χ1n) is 7.12. The van der Waals surface area contributed by atoms with Crippen LogP contribution in [0.1, 0.15) is 58.6 Å². The molecule has 100 valence electrons. The second-order valence-electron chi connectivity index (χ2n) is 6.78. The lowest BCUT2D eigenvalue weighted by atomic mass is 9.70. The molecule has 0 bridgehead atoms. The minimum absolute atomic E-state index is 0.393. The molecule has 18 heavy (non-hydrogen) atoms. The third kappa shape index (κ3) is 3.55. The van der Waals surface area contributed by atoms with E-state index in [4.69, 9.17) is 0 Å². The first-order valence-corrected chi connectivity index (χ1v) is 7.12. The lowest BCUT2D eigenvalue weighted by Gasteiger charge is -2.40. The Kier molecular flexibility index (Phi) is 4.06. The van der Waals surface area contributed by atoms with Crippen molar-refractivity contribution in [2.45, 2.75) is 59.0 Å². The van der Waals surface area contributed by atoms with Gasteiger partial charge in [-0.3, -0.25) is 4.98 Å². The average molecular weight is 246 g/mol. The zero-order valence-corrected chi connectivity index (χ0v) is 12.1. The molecule has 2 unspecified atom stereocenters. The van der Waals surface area contributed by atoms with Crippen molar-refractivity contribution in [1.82, 2.24) is 10.3 Å². The molecule has 1 aromatic rings. The Morgan fingerprint density at radius 1 is 1.39 bits per heavy atom. The molecule has 0 saturated heterocycles. The Bertz CT molecular complexity index is 372. The molecule has 0 amide bonds. The van der Waals surface area contributed by atoms with Crippen LogP contribution in [0.15, 0.2) is 24.5 Å². The maximum atomic E-state index is 4.20. The lowest BCUT2D eigenvalue weighted by molar-refractivity contribution is 0.145. The van der Waals surface area contributed by atoms with E-state index >= 15 is 0 Å². The highest BCUT2D eigenvalue weighted by molar-refractivity contribution is 5.13. The summed E-state index contributed by atoms with van der Waals surface area (Å²) in [6.45, 7) is 9.41. The van der Waals surface area contributed by atoms with E-state index in [1.165, 1.54) is 24.8 Å². The second kappa shape index (κ2) is 5.40. The van der Waals surface area contributed by atoms with E-state index in [2.05, 4.69) is 44.1 Å². The quantitative estimate of drug-likeness (QED) is 0.873. The Labute approximate surface area is 111 Å². The van der Waals surface area contributed by atoms with Gasteiger partial charge in [-0.1, -0.05) is 26.8 Å². The van der Waals surface area contributed by atoms with Crippen LogP contribution in [0.5, 0.6) is 0 Å². The SMILES string of the molecule is CC1CC(N[C@@H](C)c2cccnc2)CC(C)(C)C1. The molecule has 0 spiro atoms. The molecule has 0 aromatic carbocycles. The van der Waals surface area contributed by atoms with Gasteiger partial charge in [-0.15, -0.1) is 0 Å². The van der Waals surface area contributed by atoms with E-state index in [0.29, 0.717) is 17.5 Å². The van der Waals surface area contributed by atoms with Crippen molar-refractivity contribution in [3.63, 3.8) is 0 Å². The van der Waals surface area contributed by atoms with Crippen LogP contribution in [-0.4, -0.2) is 11.0 Å². The van der Waals surface area contributed by atoms with Gasteiger partial charge in [-0.2, -0.15) is 0 Å². The second-order valence-corrected chi connectivity index (χ2v) is 6.78. The molecule has 3 atom stereocenters. The Hall–Kier alpha value is -0.890. The van der Waals surface area contributed by atoms with Gasteiger partial charge in [0.15, 0.2) is 0 Å². The van der Waals surface area contributed by atoms with Gasteiger partial charge in [-0.25, -0.2) is 0 Å². The van der Waals surface area contributed by atoms with Crippen LogP contribution in [0.4, 0.5) is 0 Å². The Balaban J connectivity index is 1.97. The molecule has 1 heterocycles. The smallest absolute Gasteiger partial charge is 0.0315 e. The number of hydrogen-bond acceptors (Lipinski definition) is 2. The molecular formula is C16H26N2. The highest BCUT2D eigenvalue weighted by Gasteiger charge is 2.32. The predicted molar refractivity (Wildman–Crippen MR) is 76.4 cm³/mol. The average Bonchev–Trinajstić information content (AvgIpc) is 2.27. The predicted octanol–water partition coefficient (Wildman–Crippen LogP) is 3.95. The number of nitrogens with zero attached hydrogens (tertiary/aromatic N) is 1. The van der Waals surface area contributed by atoms with E-state index < -0.39 is 0 Å². The van der Waals surface area contributed by atoms with Crippen molar-refractivity contribution >= 4 is 0 Å². The third-order valence-electron chi connectivity index (χ3n) is 4.06. The van der Waals surface area contributed by atoms with Gasteiger partial charge in [0, 0.05) is 24.5 Å². The summed E-state index contributed by atoms with van der Waals surface area (Å²) >= 11 is 0. The molecule has 0 radical (unpaired) electrons. The topological polar surface area (TPSA) is 24.9 Å². The Morgan fingerprint density at radius 2 is 2.17 bits per heavy atom. The van der Waals surface area contributed by atoms with Crippen LogP contribution < -0.4 is 5.32 Å². The maximum Gasteiger partial charge on any atom is 0.0315 e. The molecule has 1 fully saturated rings. The fourth-order valence-corrected chi connectivity index (χ4v) is 3.55. The zero-order chi connectivity index (χ0) is 13.2. The van der Waals surface area contributed by atoms with Crippen molar-refractivity contribution in [3.05, 3.63) is 30.1 Å². The molecule has 1 aliphatic carbocycles. The largest absolute Gasteiger partial charge is 0.307 e. The summed E-state index contributed by atoms with van der Waals surface area (Å²) in [5, 5.41) is 3.78. The van der Waals surface area contributed by atoms with Gasteiger partial charge in [0.2, 0.25) is 0 Å². The number of hydrogen-bond donors (Lipinski definition) is 1. The third-order valence-corrected chi connectivity index (χ3v) is 4.06. The van der Waals surface area contributed by atoms with Gasteiger partial charge >= 0.3 is 0 Å². The Morgan fingerprint density at radius 3 is 2.78 bits per heavy atom. The van der Waals surface area contributed by atoms with Crippen LogP contribution in [0, 0.1) is 11.3 Å². The first kappa shape index (κ1) is 13.5. The molecule has 1 aliphatic rings. The van der Waals surface area contributed by atoms with Crippen molar-refractivity contribution in [3.8, 4) is 0 Å². The fraction of sp³-hybridized carbons (Fsp3) is 0.688. The molecule has 1 saturated carbocycles. The standard InChI is InChI=1S/C16H26N2/c1-12-8-15(10-16(3,4)9-12)18-13(2)14-6-5-7-17-11-14/h5-7,11-13,15,18H,8-10H2,1-4H3/t12?,13-,15?/m0/s1. The van der Waals surface area contributed by atoms with Crippen molar-refractivity contribution < 1.29 is 0 Å².